The Morgan fingerprint density at radius 2 is 2.27 bits per heavy atom. The fourth-order valence-corrected chi connectivity index (χ4v) is 1.45. The standard InChI is InChI=1S/C11H17FN2O/c1-9(2)14(6-7-15-3)10-4-5-13-11(12)8-10/h4-5,8-9H,6-7H2,1-3H3. The normalized spacial score (nSPS) is 10.7. The number of ether oxygens (including phenoxy) is 1. The molecule has 0 aliphatic carbocycles. The van der Waals surface area contributed by atoms with E-state index in [2.05, 4.69) is 23.7 Å². The maximum atomic E-state index is 12.9. The van der Waals surface area contributed by atoms with E-state index in [1.165, 1.54) is 12.3 Å². The molecule has 0 radical (unpaired) electrons. The van der Waals surface area contributed by atoms with Crippen molar-refractivity contribution in [3.8, 4) is 0 Å². The molecule has 0 N–H and O–H groups in total. The molecule has 0 fully saturated rings. The van der Waals surface area contributed by atoms with Crippen molar-refractivity contribution in [2.75, 3.05) is 25.2 Å². The maximum Gasteiger partial charge on any atom is 0.214 e. The molecule has 0 unspecified atom stereocenters. The summed E-state index contributed by atoms with van der Waals surface area (Å²) in [4.78, 5) is 5.61. The lowest BCUT2D eigenvalue weighted by atomic mass is 10.2. The predicted molar refractivity (Wildman–Crippen MR) is 58.6 cm³/mol. The number of rotatable bonds is 5. The smallest absolute Gasteiger partial charge is 0.214 e. The molecule has 0 aliphatic heterocycles. The van der Waals surface area contributed by atoms with Crippen molar-refractivity contribution in [1.82, 2.24) is 4.98 Å². The summed E-state index contributed by atoms with van der Waals surface area (Å²) in [5, 5.41) is 0. The van der Waals surface area contributed by atoms with E-state index in [0.29, 0.717) is 12.6 Å². The average Bonchev–Trinajstić information content (AvgIpc) is 2.18. The van der Waals surface area contributed by atoms with Crippen LogP contribution in [0.1, 0.15) is 13.8 Å². The second-order valence-electron chi connectivity index (χ2n) is 3.62. The molecule has 15 heavy (non-hydrogen) atoms. The monoisotopic (exact) mass is 212 g/mol. The van der Waals surface area contributed by atoms with E-state index >= 15 is 0 Å². The van der Waals surface area contributed by atoms with Gasteiger partial charge in [0.1, 0.15) is 0 Å². The fourth-order valence-electron chi connectivity index (χ4n) is 1.45. The molecule has 0 aliphatic rings. The number of anilines is 1. The highest BCUT2D eigenvalue weighted by Gasteiger charge is 2.10. The van der Waals surface area contributed by atoms with Gasteiger partial charge in [-0.2, -0.15) is 4.39 Å². The molecule has 1 heterocycles. The number of halogens is 1. The van der Waals surface area contributed by atoms with Crippen LogP contribution in [0.4, 0.5) is 10.1 Å². The molecule has 0 atom stereocenters. The van der Waals surface area contributed by atoms with Gasteiger partial charge in [0.25, 0.3) is 0 Å². The number of pyridine rings is 1. The van der Waals surface area contributed by atoms with E-state index in [-0.39, 0.29) is 0 Å². The Balaban J connectivity index is 2.79. The van der Waals surface area contributed by atoms with Crippen molar-refractivity contribution in [2.24, 2.45) is 0 Å². The lowest BCUT2D eigenvalue weighted by Crippen LogP contribution is -2.33. The van der Waals surface area contributed by atoms with Gasteiger partial charge >= 0.3 is 0 Å². The summed E-state index contributed by atoms with van der Waals surface area (Å²) < 4.78 is 18.0. The molecule has 0 bridgehead atoms. The summed E-state index contributed by atoms with van der Waals surface area (Å²) in [6, 6.07) is 3.55. The first-order valence-corrected chi connectivity index (χ1v) is 5.02. The van der Waals surface area contributed by atoms with Crippen molar-refractivity contribution in [3.63, 3.8) is 0 Å². The van der Waals surface area contributed by atoms with Crippen LogP contribution in [0.15, 0.2) is 18.3 Å². The van der Waals surface area contributed by atoms with Gasteiger partial charge in [0.2, 0.25) is 5.95 Å². The first-order valence-electron chi connectivity index (χ1n) is 5.02. The second kappa shape index (κ2) is 5.66. The molecule has 3 nitrogen and oxygen atoms in total. The molecule has 0 saturated heterocycles. The third-order valence-electron chi connectivity index (χ3n) is 2.20. The average molecular weight is 212 g/mol. The van der Waals surface area contributed by atoms with Gasteiger partial charge in [-0.05, 0) is 19.9 Å². The van der Waals surface area contributed by atoms with Crippen LogP contribution in [-0.4, -0.2) is 31.3 Å². The Bertz CT molecular complexity index is 304. The Hall–Kier alpha value is -1.16. The van der Waals surface area contributed by atoms with E-state index in [1.54, 1.807) is 13.2 Å². The number of nitrogens with zero attached hydrogens (tertiary/aromatic N) is 2. The SMILES string of the molecule is COCCN(c1ccnc(F)c1)C(C)C. The highest BCUT2D eigenvalue weighted by atomic mass is 19.1. The highest BCUT2D eigenvalue weighted by molar-refractivity contribution is 5.45. The van der Waals surface area contributed by atoms with E-state index in [0.717, 1.165) is 12.2 Å². The van der Waals surface area contributed by atoms with Gasteiger partial charge in [0, 0.05) is 37.6 Å². The van der Waals surface area contributed by atoms with E-state index < -0.39 is 5.95 Å². The van der Waals surface area contributed by atoms with Gasteiger partial charge in [-0.1, -0.05) is 0 Å². The Morgan fingerprint density at radius 1 is 1.53 bits per heavy atom. The minimum atomic E-state index is -0.449. The van der Waals surface area contributed by atoms with Crippen LogP contribution >= 0.6 is 0 Å². The number of hydrogen-bond acceptors (Lipinski definition) is 3. The zero-order valence-electron chi connectivity index (χ0n) is 9.40. The molecule has 84 valence electrons. The summed E-state index contributed by atoms with van der Waals surface area (Å²) >= 11 is 0. The summed E-state index contributed by atoms with van der Waals surface area (Å²) in [6.45, 7) is 5.50. The summed E-state index contributed by atoms with van der Waals surface area (Å²) in [5.41, 5.74) is 0.842. The van der Waals surface area contributed by atoms with Gasteiger partial charge in [-0.3, -0.25) is 0 Å². The highest BCUT2D eigenvalue weighted by Crippen LogP contribution is 2.16. The van der Waals surface area contributed by atoms with Crippen molar-refractivity contribution < 1.29 is 9.13 Å². The molecule has 0 spiro atoms. The van der Waals surface area contributed by atoms with E-state index in [1.807, 2.05) is 0 Å². The first-order chi connectivity index (χ1) is 7.15. The van der Waals surface area contributed by atoms with Crippen molar-refractivity contribution in [3.05, 3.63) is 24.3 Å². The molecule has 1 aromatic heterocycles. The van der Waals surface area contributed by atoms with Crippen LogP contribution < -0.4 is 4.90 Å². The van der Waals surface area contributed by atoms with E-state index in [4.69, 9.17) is 4.74 Å². The van der Waals surface area contributed by atoms with Crippen LogP contribution in [0, 0.1) is 5.95 Å². The minimum absolute atomic E-state index is 0.307. The van der Waals surface area contributed by atoms with Crippen molar-refractivity contribution >= 4 is 5.69 Å². The summed E-state index contributed by atoms with van der Waals surface area (Å²) in [5.74, 6) is -0.449. The van der Waals surface area contributed by atoms with Gasteiger partial charge in [-0.25, -0.2) is 4.98 Å². The molecule has 0 saturated carbocycles. The topological polar surface area (TPSA) is 25.4 Å². The summed E-state index contributed by atoms with van der Waals surface area (Å²) in [7, 11) is 1.66. The maximum absolute atomic E-state index is 12.9. The third-order valence-corrected chi connectivity index (χ3v) is 2.20. The number of aromatic nitrogens is 1. The molecule has 1 aromatic rings. The zero-order valence-corrected chi connectivity index (χ0v) is 9.40. The largest absolute Gasteiger partial charge is 0.383 e. The van der Waals surface area contributed by atoms with Crippen LogP contribution in [0.2, 0.25) is 0 Å². The van der Waals surface area contributed by atoms with Crippen LogP contribution in [0.3, 0.4) is 0 Å². The molecule has 1 rings (SSSR count). The van der Waals surface area contributed by atoms with Gasteiger partial charge in [0.05, 0.1) is 6.61 Å². The predicted octanol–water partition coefficient (Wildman–Crippen LogP) is 2.08. The second-order valence-corrected chi connectivity index (χ2v) is 3.62. The number of hydrogen-bond donors (Lipinski definition) is 0. The van der Waals surface area contributed by atoms with E-state index in [9.17, 15) is 4.39 Å². The number of methoxy groups -OCH3 is 1. The zero-order chi connectivity index (χ0) is 11.3. The Kier molecular flexibility index (Phi) is 4.49. The molecular formula is C11H17FN2O. The van der Waals surface area contributed by atoms with Crippen LogP contribution in [-0.2, 0) is 4.74 Å². The quantitative estimate of drug-likeness (QED) is 0.699. The third kappa shape index (κ3) is 3.47. The Morgan fingerprint density at radius 3 is 2.80 bits per heavy atom. The molecule has 0 aromatic carbocycles. The lowest BCUT2D eigenvalue weighted by Gasteiger charge is -2.28. The van der Waals surface area contributed by atoms with Crippen LogP contribution in [0.5, 0.6) is 0 Å². The Labute approximate surface area is 89.9 Å². The lowest BCUT2D eigenvalue weighted by molar-refractivity contribution is 0.204. The first kappa shape index (κ1) is 11.9. The minimum Gasteiger partial charge on any atom is -0.383 e. The van der Waals surface area contributed by atoms with Gasteiger partial charge < -0.3 is 9.64 Å². The molecule has 4 heteroatoms. The van der Waals surface area contributed by atoms with Gasteiger partial charge in [-0.15, -0.1) is 0 Å². The van der Waals surface area contributed by atoms with Gasteiger partial charge in [0.15, 0.2) is 0 Å². The molecular weight excluding hydrogens is 195 g/mol. The fraction of sp³-hybridized carbons (Fsp3) is 0.545. The van der Waals surface area contributed by atoms with Crippen molar-refractivity contribution in [1.29, 1.82) is 0 Å². The molecule has 0 amide bonds. The van der Waals surface area contributed by atoms with Crippen molar-refractivity contribution in [2.45, 2.75) is 19.9 Å². The van der Waals surface area contributed by atoms with Crippen LogP contribution in [0.25, 0.3) is 0 Å². The summed E-state index contributed by atoms with van der Waals surface area (Å²) in [6.07, 6.45) is 1.48.